The Hall–Kier alpha value is -2.41. The average molecular weight is 305 g/mol. The van der Waals surface area contributed by atoms with Gasteiger partial charge in [0.25, 0.3) is 5.91 Å². The van der Waals surface area contributed by atoms with Crippen molar-refractivity contribution in [2.75, 3.05) is 12.4 Å². The second kappa shape index (κ2) is 6.36. The highest BCUT2D eigenvalue weighted by molar-refractivity contribution is 7.15. The highest BCUT2D eigenvalue weighted by Gasteiger charge is 2.10. The minimum Gasteiger partial charge on any atom is -0.380 e. The van der Waals surface area contributed by atoms with Gasteiger partial charge in [-0.1, -0.05) is 17.4 Å². The van der Waals surface area contributed by atoms with Crippen LogP contribution < -0.4 is 10.6 Å². The Balaban J connectivity index is 2.11. The molecule has 21 heavy (non-hydrogen) atoms. The zero-order valence-electron chi connectivity index (χ0n) is 11.7. The molecule has 2 aromatic rings. The predicted octanol–water partition coefficient (Wildman–Crippen LogP) is 2.94. The molecule has 0 aliphatic rings. The zero-order chi connectivity index (χ0) is 15.4. The average Bonchev–Trinajstić information content (AvgIpc) is 2.94. The van der Waals surface area contributed by atoms with Crippen LogP contribution in [0.1, 0.15) is 20.8 Å². The second-order valence-electron chi connectivity index (χ2n) is 4.46. The summed E-state index contributed by atoms with van der Waals surface area (Å²) < 4.78 is 0. The van der Waals surface area contributed by atoms with Gasteiger partial charge in [0, 0.05) is 35.8 Å². The Kier molecular flexibility index (Phi) is 4.54. The minimum atomic E-state index is -0.397. The van der Waals surface area contributed by atoms with Crippen LogP contribution in [-0.4, -0.2) is 17.9 Å². The summed E-state index contributed by atoms with van der Waals surface area (Å²) in [5, 5.41) is 16.6. The van der Waals surface area contributed by atoms with Crippen molar-refractivity contribution in [3.63, 3.8) is 0 Å². The van der Waals surface area contributed by atoms with Crippen LogP contribution in [-0.2, 0) is 6.54 Å². The second-order valence-corrected chi connectivity index (χ2v) is 5.61. The number of nitrogens with one attached hydrogen (secondary N) is 2. The van der Waals surface area contributed by atoms with Crippen LogP contribution in [0.4, 0.5) is 10.7 Å². The molecule has 0 aliphatic carbocycles. The molecule has 0 fully saturated rings. The number of nitrogens with zero attached hydrogens (tertiary/aromatic N) is 1. The van der Waals surface area contributed by atoms with Gasteiger partial charge >= 0.3 is 5.00 Å². The summed E-state index contributed by atoms with van der Waals surface area (Å²) in [4.78, 5) is 22.7. The summed E-state index contributed by atoms with van der Waals surface area (Å²) in [6, 6.07) is 8.62. The number of carbonyl (C=O) groups is 1. The van der Waals surface area contributed by atoms with E-state index in [1.807, 2.05) is 13.0 Å². The first kappa shape index (κ1) is 15.0. The van der Waals surface area contributed by atoms with E-state index in [1.165, 1.54) is 6.07 Å². The highest BCUT2D eigenvalue weighted by atomic mass is 32.1. The number of hydrogen-bond acceptors (Lipinski definition) is 5. The lowest BCUT2D eigenvalue weighted by molar-refractivity contribution is -0.380. The van der Waals surface area contributed by atoms with Gasteiger partial charge in [0.15, 0.2) is 0 Å². The van der Waals surface area contributed by atoms with Crippen molar-refractivity contribution < 1.29 is 9.72 Å². The van der Waals surface area contributed by atoms with Crippen molar-refractivity contribution in [1.82, 2.24) is 5.32 Å². The van der Waals surface area contributed by atoms with E-state index >= 15 is 0 Å². The van der Waals surface area contributed by atoms with E-state index in [4.69, 9.17) is 0 Å². The standard InChI is InChI=1S/C14H15N3O3S/c1-9-3-4-10(14(18)15-2)7-12(9)16-8-11-5-6-13(21-11)17(19)20/h3-7,16H,8H2,1-2H3,(H,15,18). The van der Waals surface area contributed by atoms with Crippen molar-refractivity contribution >= 4 is 27.9 Å². The molecule has 110 valence electrons. The molecule has 0 unspecified atom stereocenters. The van der Waals surface area contributed by atoms with Crippen LogP contribution in [0, 0.1) is 17.0 Å². The number of anilines is 1. The van der Waals surface area contributed by atoms with Crippen LogP contribution in [0.5, 0.6) is 0 Å². The van der Waals surface area contributed by atoms with Crippen molar-refractivity contribution in [2.24, 2.45) is 0 Å². The Bertz CT molecular complexity index is 682. The van der Waals surface area contributed by atoms with Crippen LogP contribution in [0.3, 0.4) is 0 Å². The van der Waals surface area contributed by atoms with Gasteiger partial charge in [-0.25, -0.2) is 0 Å². The molecule has 2 rings (SSSR count). The van der Waals surface area contributed by atoms with E-state index in [-0.39, 0.29) is 10.9 Å². The third-order valence-electron chi connectivity index (χ3n) is 3.01. The van der Waals surface area contributed by atoms with Crippen LogP contribution in [0.2, 0.25) is 0 Å². The minimum absolute atomic E-state index is 0.127. The Labute approximate surface area is 126 Å². The number of aryl methyl sites for hydroxylation is 1. The lowest BCUT2D eigenvalue weighted by atomic mass is 10.1. The highest BCUT2D eigenvalue weighted by Crippen LogP contribution is 2.25. The number of amides is 1. The van der Waals surface area contributed by atoms with E-state index in [9.17, 15) is 14.9 Å². The molecule has 0 saturated carbocycles. The maximum absolute atomic E-state index is 11.6. The third-order valence-corrected chi connectivity index (χ3v) is 4.04. The third kappa shape index (κ3) is 3.57. The molecule has 1 aromatic carbocycles. The Morgan fingerprint density at radius 2 is 2.10 bits per heavy atom. The molecular formula is C14H15N3O3S. The van der Waals surface area contributed by atoms with Crippen molar-refractivity contribution in [3.8, 4) is 0 Å². The van der Waals surface area contributed by atoms with Gasteiger partial charge in [0.2, 0.25) is 0 Å². The van der Waals surface area contributed by atoms with E-state index in [0.29, 0.717) is 12.1 Å². The molecule has 7 heteroatoms. The number of hydrogen-bond donors (Lipinski definition) is 2. The first-order valence-corrected chi connectivity index (χ1v) is 7.12. The lowest BCUT2D eigenvalue weighted by Gasteiger charge is -2.10. The first-order chi connectivity index (χ1) is 10.0. The molecule has 0 spiro atoms. The van der Waals surface area contributed by atoms with Crippen LogP contribution in [0.15, 0.2) is 30.3 Å². The summed E-state index contributed by atoms with van der Waals surface area (Å²) in [5.41, 5.74) is 2.42. The van der Waals surface area contributed by atoms with Gasteiger partial charge in [-0.2, -0.15) is 0 Å². The maximum atomic E-state index is 11.6. The fourth-order valence-electron chi connectivity index (χ4n) is 1.84. The molecular weight excluding hydrogens is 290 g/mol. The number of thiophene rings is 1. The van der Waals surface area contributed by atoms with E-state index in [0.717, 1.165) is 27.5 Å². The van der Waals surface area contributed by atoms with Crippen molar-refractivity contribution in [2.45, 2.75) is 13.5 Å². The van der Waals surface area contributed by atoms with Crippen LogP contribution in [0.25, 0.3) is 0 Å². The molecule has 0 radical (unpaired) electrons. The Morgan fingerprint density at radius 3 is 2.71 bits per heavy atom. The van der Waals surface area contributed by atoms with Gasteiger partial charge in [0.05, 0.1) is 4.92 Å². The maximum Gasteiger partial charge on any atom is 0.324 e. The molecule has 0 saturated heterocycles. The summed E-state index contributed by atoms with van der Waals surface area (Å²) in [6.45, 7) is 2.42. The van der Waals surface area contributed by atoms with Gasteiger partial charge in [-0.05, 0) is 30.7 Å². The number of rotatable bonds is 5. The fraction of sp³-hybridized carbons (Fsp3) is 0.214. The van der Waals surface area contributed by atoms with E-state index < -0.39 is 4.92 Å². The predicted molar refractivity (Wildman–Crippen MR) is 82.9 cm³/mol. The largest absolute Gasteiger partial charge is 0.380 e. The lowest BCUT2D eigenvalue weighted by Crippen LogP contribution is -2.18. The number of carbonyl (C=O) groups excluding carboxylic acids is 1. The van der Waals surface area contributed by atoms with Gasteiger partial charge in [0.1, 0.15) is 0 Å². The van der Waals surface area contributed by atoms with E-state index in [2.05, 4.69) is 10.6 Å². The smallest absolute Gasteiger partial charge is 0.324 e. The number of nitro groups is 1. The normalized spacial score (nSPS) is 10.2. The van der Waals surface area contributed by atoms with Crippen molar-refractivity contribution in [3.05, 3.63) is 56.5 Å². The molecule has 0 bridgehead atoms. The topological polar surface area (TPSA) is 84.3 Å². The molecule has 0 atom stereocenters. The van der Waals surface area contributed by atoms with Gasteiger partial charge in [-0.15, -0.1) is 0 Å². The molecule has 1 heterocycles. The molecule has 1 amide bonds. The molecule has 6 nitrogen and oxygen atoms in total. The number of benzene rings is 1. The monoisotopic (exact) mass is 305 g/mol. The fourth-order valence-corrected chi connectivity index (χ4v) is 2.60. The van der Waals surface area contributed by atoms with Gasteiger partial charge < -0.3 is 10.6 Å². The SMILES string of the molecule is CNC(=O)c1ccc(C)c(NCc2ccc([N+](=O)[O-])s2)c1. The first-order valence-electron chi connectivity index (χ1n) is 6.31. The Morgan fingerprint density at radius 1 is 1.33 bits per heavy atom. The molecule has 0 aliphatic heterocycles. The summed E-state index contributed by atoms with van der Waals surface area (Å²) in [5.74, 6) is -0.148. The van der Waals surface area contributed by atoms with Crippen LogP contribution >= 0.6 is 11.3 Å². The molecule has 2 N–H and O–H groups in total. The van der Waals surface area contributed by atoms with Crippen molar-refractivity contribution in [1.29, 1.82) is 0 Å². The summed E-state index contributed by atoms with van der Waals surface area (Å²) >= 11 is 1.14. The van der Waals surface area contributed by atoms with Gasteiger partial charge in [-0.3, -0.25) is 14.9 Å². The van der Waals surface area contributed by atoms with E-state index in [1.54, 1.807) is 25.2 Å². The summed E-state index contributed by atoms with van der Waals surface area (Å²) in [6.07, 6.45) is 0. The summed E-state index contributed by atoms with van der Waals surface area (Å²) in [7, 11) is 1.58. The quantitative estimate of drug-likeness (QED) is 0.657. The molecule has 1 aromatic heterocycles. The zero-order valence-corrected chi connectivity index (χ0v) is 12.5.